The Morgan fingerprint density at radius 1 is 0.903 bits per heavy atom. The number of nitrogens with zero attached hydrogens (tertiary/aromatic N) is 5. The second-order valence-electron chi connectivity index (χ2n) is 6.58. The number of benzene rings is 2. The van der Waals surface area contributed by atoms with E-state index in [2.05, 4.69) is 10.3 Å². The summed E-state index contributed by atoms with van der Waals surface area (Å²) in [4.78, 5) is 24.4. The standard InChI is InChI=1S/C22H19N5O4/c1-30-21(28)19-20(22(29)31-2)27(25-23-19)14-16-13-26(17-11-7-4-8-12-17)24-18(16)15-9-5-3-6-10-15/h3-13H,14H2,1-2H3. The number of esters is 2. The van der Waals surface area contributed by atoms with Gasteiger partial charge in [0.15, 0.2) is 5.69 Å². The maximum absolute atomic E-state index is 12.4. The van der Waals surface area contributed by atoms with Gasteiger partial charge in [-0.25, -0.2) is 19.0 Å². The van der Waals surface area contributed by atoms with Crippen LogP contribution >= 0.6 is 0 Å². The van der Waals surface area contributed by atoms with E-state index in [1.165, 1.54) is 18.9 Å². The fourth-order valence-electron chi connectivity index (χ4n) is 3.20. The van der Waals surface area contributed by atoms with Crippen LogP contribution in [0.15, 0.2) is 66.9 Å². The van der Waals surface area contributed by atoms with E-state index in [9.17, 15) is 9.59 Å². The Balaban J connectivity index is 1.82. The van der Waals surface area contributed by atoms with Gasteiger partial charge in [-0.05, 0) is 12.1 Å². The number of carbonyl (C=O) groups excluding carboxylic acids is 2. The molecule has 9 nitrogen and oxygen atoms in total. The average Bonchev–Trinajstić information content (AvgIpc) is 3.44. The summed E-state index contributed by atoms with van der Waals surface area (Å²) < 4.78 is 12.6. The largest absolute Gasteiger partial charge is 0.464 e. The summed E-state index contributed by atoms with van der Waals surface area (Å²) in [6.07, 6.45) is 1.86. The molecular weight excluding hydrogens is 398 g/mol. The van der Waals surface area contributed by atoms with Crippen LogP contribution in [0, 0.1) is 0 Å². The summed E-state index contributed by atoms with van der Waals surface area (Å²) in [5.41, 5.74) is 3.00. The molecule has 0 spiro atoms. The molecule has 0 amide bonds. The minimum absolute atomic E-state index is 0.0826. The number of carbonyl (C=O) groups is 2. The maximum atomic E-state index is 12.4. The smallest absolute Gasteiger partial charge is 0.361 e. The van der Waals surface area contributed by atoms with Gasteiger partial charge in [-0.2, -0.15) is 5.10 Å². The number of methoxy groups -OCH3 is 2. The van der Waals surface area contributed by atoms with Crippen LogP contribution in [0.2, 0.25) is 0 Å². The van der Waals surface area contributed by atoms with Crippen molar-refractivity contribution < 1.29 is 19.1 Å². The van der Waals surface area contributed by atoms with Crippen molar-refractivity contribution in [2.45, 2.75) is 6.54 Å². The highest BCUT2D eigenvalue weighted by Crippen LogP contribution is 2.25. The van der Waals surface area contributed by atoms with E-state index < -0.39 is 11.9 Å². The lowest BCUT2D eigenvalue weighted by Crippen LogP contribution is -2.17. The van der Waals surface area contributed by atoms with E-state index in [4.69, 9.17) is 14.6 Å². The third-order valence-electron chi connectivity index (χ3n) is 4.67. The normalized spacial score (nSPS) is 10.6. The van der Waals surface area contributed by atoms with E-state index in [0.717, 1.165) is 22.5 Å². The van der Waals surface area contributed by atoms with Crippen molar-refractivity contribution in [2.24, 2.45) is 0 Å². The van der Waals surface area contributed by atoms with Crippen LogP contribution in [0.25, 0.3) is 16.9 Å². The van der Waals surface area contributed by atoms with Crippen molar-refractivity contribution in [1.82, 2.24) is 24.8 Å². The van der Waals surface area contributed by atoms with Gasteiger partial charge >= 0.3 is 11.9 Å². The van der Waals surface area contributed by atoms with E-state index in [1.54, 1.807) is 4.68 Å². The number of ether oxygens (including phenoxy) is 2. The molecule has 2 heterocycles. The first-order valence-corrected chi connectivity index (χ1v) is 9.42. The number of aromatic nitrogens is 5. The van der Waals surface area contributed by atoms with Crippen LogP contribution in [0.3, 0.4) is 0 Å². The molecule has 9 heteroatoms. The molecule has 0 radical (unpaired) electrons. The monoisotopic (exact) mass is 417 g/mol. The molecule has 0 atom stereocenters. The Bertz CT molecular complexity index is 1220. The summed E-state index contributed by atoms with van der Waals surface area (Å²) in [6, 6.07) is 19.3. The third-order valence-corrected chi connectivity index (χ3v) is 4.67. The second kappa shape index (κ2) is 8.62. The van der Waals surface area contributed by atoms with Crippen LogP contribution in [0.5, 0.6) is 0 Å². The van der Waals surface area contributed by atoms with E-state index in [-0.39, 0.29) is 17.9 Å². The van der Waals surface area contributed by atoms with Crippen molar-refractivity contribution in [3.05, 3.63) is 83.8 Å². The van der Waals surface area contributed by atoms with Gasteiger partial charge in [0.1, 0.15) is 0 Å². The molecule has 0 aliphatic carbocycles. The predicted octanol–water partition coefficient (Wildman–Crippen LogP) is 2.75. The van der Waals surface area contributed by atoms with Gasteiger partial charge in [0.2, 0.25) is 5.69 Å². The van der Waals surface area contributed by atoms with Gasteiger partial charge in [0.25, 0.3) is 0 Å². The second-order valence-corrected chi connectivity index (χ2v) is 6.58. The van der Waals surface area contributed by atoms with Crippen molar-refractivity contribution in [3.63, 3.8) is 0 Å². The molecule has 2 aromatic carbocycles. The van der Waals surface area contributed by atoms with Crippen LogP contribution in [0.1, 0.15) is 26.5 Å². The summed E-state index contributed by atoms with van der Waals surface area (Å²) in [5.74, 6) is -1.50. The molecule has 0 saturated heterocycles. The first-order valence-electron chi connectivity index (χ1n) is 9.42. The molecule has 0 unspecified atom stereocenters. The Labute approximate surface area is 177 Å². The third kappa shape index (κ3) is 3.93. The highest BCUT2D eigenvalue weighted by atomic mass is 16.5. The molecule has 156 valence electrons. The Kier molecular flexibility index (Phi) is 5.57. The minimum Gasteiger partial charge on any atom is -0.464 e. The highest BCUT2D eigenvalue weighted by Gasteiger charge is 2.27. The van der Waals surface area contributed by atoms with Crippen LogP contribution in [-0.2, 0) is 16.0 Å². The van der Waals surface area contributed by atoms with Gasteiger partial charge in [-0.1, -0.05) is 53.7 Å². The molecule has 0 bridgehead atoms. The number of hydrogen-bond donors (Lipinski definition) is 0. The van der Waals surface area contributed by atoms with Crippen molar-refractivity contribution >= 4 is 11.9 Å². The van der Waals surface area contributed by atoms with Crippen molar-refractivity contribution in [2.75, 3.05) is 14.2 Å². The van der Waals surface area contributed by atoms with Crippen LogP contribution in [-0.4, -0.2) is 50.9 Å². The Morgan fingerprint density at radius 3 is 2.19 bits per heavy atom. The number of para-hydroxylation sites is 1. The quantitative estimate of drug-likeness (QED) is 0.445. The van der Waals surface area contributed by atoms with Crippen molar-refractivity contribution in [1.29, 1.82) is 0 Å². The number of rotatable bonds is 6. The molecule has 0 saturated carbocycles. The molecular formula is C22H19N5O4. The van der Waals surface area contributed by atoms with E-state index in [0.29, 0.717) is 0 Å². The first-order chi connectivity index (χ1) is 15.1. The molecule has 0 N–H and O–H groups in total. The molecule has 2 aromatic heterocycles. The zero-order valence-corrected chi connectivity index (χ0v) is 16.9. The lowest BCUT2D eigenvalue weighted by Gasteiger charge is -2.06. The number of hydrogen-bond acceptors (Lipinski definition) is 7. The minimum atomic E-state index is -0.769. The van der Waals surface area contributed by atoms with E-state index in [1.807, 2.05) is 66.9 Å². The average molecular weight is 417 g/mol. The maximum Gasteiger partial charge on any atom is 0.361 e. The van der Waals surface area contributed by atoms with Crippen LogP contribution < -0.4 is 0 Å². The Morgan fingerprint density at radius 2 is 1.55 bits per heavy atom. The molecule has 4 rings (SSSR count). The zero-order valence-electron chi connectivity index (χ0n) is 16.9. The van der Waals surface area contributed by atoms with Crippen LogP contribution in [0.4, 0.5) is 0 Å². The fourth-order valence-corrected chi connectivity index (χ4v) is 3.20. The molecule has 0 aliphatic rings. The fraction of sp³-hybridized carbons (Fsp3) is 0.136. The lowest BCUT2D eigenvalue weighted by atomic mass is 10.1. The highest BCUT2D eigenvalue weighted by molar-refractivity contribution is 6.00. The predicted molar refractivity (Wildman–Crippen MR) is 111 cm³/mol. The topological polar surface area (TPSA) is 101 Å². The lowest BCUT2D eigenvalue weighted by molar-refractivity contribution is 0.0544. The van der Waals surface area contributed by atoms with Gasteiger partial charge in [0.05, 0.1) is 32.1 Å². The van der Waals surface area contributed by atoms with Gasteiger partial charge in [-0.15, -0.1) is 5.10 Å². The SMILES string of the molecule is COC(=O)c1nnn(Cc2cn(-c3ccccc3)nc2-c2ccccc2)c1C(=O)OC. The van der Waals surface area contributed by atoms with E-state index >= 15 is 0 Å². The summed E-state index contributed by atoms with van der Waals surface area (Å²) in [7, 11) is 2.43. The molecule has 0 aliphatic heterocycles. The molecule has 0 fully saturated rings. The summed E-state index contributed by atoms with van der Waals surface area (Å²) in [5, 5.41) is 12.6. The summed E-state index contributed by atoms with van der Waals surface area (Å²) in [6.45, 7) is 0.144. The van der Waals surface area contributed by atoms with Gasteiger partial charge in [0, 0.05) is 17.3 Å². The van der Waals surface area contributed by atoms with Gasteiger partial charge in [-0.3, -0.25) is 0 Å². The zero-order chi connectivity index (χ0) is 21.8. The van der Waals surface area contributed by atoms with Gasteiger partial charge < -0.3 is 9.47 Å². The van der Waals surface area contributed by atoms with Crippen molar-refractivity contribution in [3.8, 4) is 16.9 Å². The first kappa shape index (κ1) is 20.0. The molecule has 4 aromatic rings. The Hall–Kier alpha value is -4.27. The summed E-state index contributed by atoms with van der Waals surface area (Å²) >= 11 is 0. The molecule has 31 heavy (non-hydrogen) atoms.